The quantitative estimate of drug-likeness (QED) is 0.140. The van der Waals surface area contributed by atoms with Gasteiger partial charge in [0, 0.05) is 22.8 Å². The average Bonchev–Trinajstić information content (AvgIpc) is 3.32. The number of phenols is 1. The summed E-state index contributed by atoms with van der Waals surface area (Å²) >= 11 is 0. The van der Waals surface area contributed by atoms with Crippen LogP contribution in [-0.4, -0.2) is 24.1 Å². The van der Waals surface area contributed by atoms with Crippen molar-refractivity contribution in [2.45, 2.75) is 58.0 Å². The van der Waals surface area contributed by atoms with Gasteiger partial charge in [-0.2, -0.15) is 19.0 Å². The van der Waals surface area contributed by atoms with Gasteiger partial charge in [0.05, 0.1) is 13.3 Å². The highest BCUT2D eigenvalue weighted by atomic mass is 19.2. The van der Waals surface area contributed by atoms with E-state index < -0.39 is 29.0 Å². The minimum absolute atomic E-state index is 0.0137. The number of nitrogens with zero attached hydrogens (tertiary/aromatic N) is 2. The Morgan fingerprint density at radius 2 is 1.76 bits per heavy atom. The standard InChI is InChI=1S/C33H32F4N2O3/c1-33-12-11-23-22-7-5-21(40)14-19(22)4-6-24(23)25(33)8-10-29(33)39-38-16-18-3-9-28(41-2)20(13-18)17-42-32-30(36)26(34)15-27(35)31(32)37/h3,5,7,9,13-16,23-25,40H,4,6,8,10-12,17H2,1-2H3/b38-16+,39-29+/t23-,24-,25+,33+/m1/s1. The molecule has 0 spiro atoms. The zero-order valence-electron chi connectivity index (χ0n) is 23.5. The lowest BCUT2D eigenvalue weighted by Gasteiger charge is -2.49. The van der Waals surface area contributed by atoms with Crippen molar-refractivity contribution in [2.75, 3.05) is 7.11 Å². The maximum absolute atomic E-state index is 14.1. The summed E-state index contributed by atoms with van der Waals surface area (Å²) in [4.78, 5) is 0. The predicted molar refractivity (Wildman–Crippen MR) is 151 cm³/mol. The lowest BCUT2D eigenvalue weighted by molar-refractivity contribution is 0.0955. The molecular formula is C33H32F4N2O3. The van der Waals surface area contributed by atoms with Crippen LogP contribution in [0.1, 0.15) is 67.2 Å². The van der Waals surface area contributed by atoms with E-state index in [0.717, 1.165) is 44.2 Å². The fraction of sp³-hybridized carbons (Fsp3) is 0.394. The Morgan fingerprint density at radius 3 is 2.52 bits per heavy atom. The van der Waals surface area contributed by atoms with Crippen molar-refractivity contribution < 1.29 is 32.1 Å². The minimum Gasteiger partial charge on any atom is -0.508 e. The van der Waals surface area contributed by atoms with Gasteiger partial charge in [-0.3, -0.25) is 0 Å². The van der Waals surface area contributed by atoms with Crippen LogP contribution in [-0.2, 0) is 13.0 Å². The smallest absolute Gasteiger partial charge is 0.203 e. The summed E-state index contributed by atoms with van der Waals surface area (Å²) in [6.07, 6.45) is 7.79. The highest BCUT2D eigenvalue weighted by molar-refractivity contribution is 5.93. The van der Waals surface area contributed by atoms with Crippen LogP contribution in [0.15, 0.2) is 52.7 Å². The van der Waals surface area contributed by atoms with Crippen LogP contribution in [0, 0.1) is 40.5 Å². The van der Waals surface area contributed by atoms with Crippen molar-refractivity contribution in [3.63, 3.8) is 0 Å². The molecule has 3 aliphatic carbocycles. The van der Waals surface area contributed by atoms with Crippen LogP contribution < -0.4 is 9.47 Å². The Kier molecular flexibility index (Phi) is 7.45. The molecule has 3 aliphatic rings. The molecule has 0 unspecified atom stereocenters. The number of aromatic hydroxyl groups is 1. The molecule has 2 saturated carbocycles. The van der Waals surface area contributed by atoms with Crippen LogP contribution in [0.4, 0.5) is 17.6 Å². The molecule has 0 heterocycles. The molecule has 0 amide bonds. The first-order valence-electron chi connectivity index (χ1n) is 14.2. The Balaban J connectivity index is 1.18. The zero-order chi connectivity index (χ0) is 29.6. The number of rotatable bonds is 6. The van der Waals surface area contributed by atoms with Gasteiger partial charge < -0.3 is 14.6 Å². The molecule has 2 fully saturated rings. The van der Waals surface area contributed by atoms with Gasteiger partial charge in [0.25, 0.3) is 0 Å². The van der Waals surface area contributed by atoms with E-state index in [0.29, 0.717) is 40.4 Å². The first kappa shape index (κ1) is 28.2. The SMILES string of the molecule is COc1ccc(/C=N/N=C2\CC[C@H]3[C@@H]4CCc5cc(O)ccc5[C@H]4CC[C@]23C)cc1COc1c(F)c(F)cc(F)c1F. The molecule has 4 atom stereocenters. The van der Waals surface area contributed by atoms with Crippen molar-refractivity contribution in [1.29, 1.82) is 0 Å². The van der Waals surface area contributed by atoms with Crippen LogP contribution >= 0.6 is 0 Å². The second-order valence-corrected chi connectivity index (χ2v) is 11.7. The third-order valence-electron chi connectivity index (χ3n) is 9.58. The van der Waals surface area contributed by atoms with Crippen LogP contribution in [0.3, 0.4) is 0 Å². The highest BCUT2D eigenvalue weighted by Crippen LogP contribution is 2.60. The predicted octanol–water partition coefficient (Wildman–Crippen LogP) is 7.87. The maximum Gasteiger partial charge on any atom is 0.203 e. The Morgan fingerprint density at radius 1 is 0.976 bits per heavy atom. The number of ether oxygens (including phenoxy) is 2. The number of hydrogen-bond donors (Lipinski definition) is 1. The normalized spacial score (nSPS) is 25.8. The summed E-state index contributed by atoms with van der Waals surface area (Å²) in [5.41, 5.74) is 4.83. The van der Waals surface area contributed by atoms with E-state index in [1.54, 1.807) is 30.5 Å². The highest BCUT2D eigenvalue weighted by Gasteiger charge is 2.53. The zero-order valence-corrected chi connectivity index (χ0v) is 23.5. The lowest BCUT2D eigenvalue weighted by atomic mass is 9.55. The summed E-state index contributed by atoms with van der Waals surface area (Å²) in [6.45, 7) is 1.93. The largest absolute Gasteiger partial charge is 0.508 e. The second-order valence-electron chi connectivity index (χ2n) is 11.7. The number of hydrogen-bond acceptors (Lipinski definition) is 5. The van der Waals surface area contributed by atoms with E-state index in [9.17, 15) is 22.7 Å². The van der Waals surface area contributed by atoms with Crippen molar-refractivity contribution in [1.82, 2.24) is 0 Å². The molecule has 6 rings (SSSR count). The molecule has 3 aromatic rings. The Labute approximate surface area is 241 Å². The molecule has 3 aromatic carbocycles. The molecule has 5 nitrogen and oxygen atoms in total. The fourth-order valence-corrected chi connectivity index (χ4v) is 7.51. The van der Waals surface area contributed by atoms with E-state index in [2.05, 4.69) is 23.2 Å². The average molecular weight is 581 g/mol. The van der Waals surface area contributed by atoms with E-state index in [4.69, 9.17) is 9.47 Å². The van der Waals surface area contributed by atoms with Gasteiger partial charge in [0.2, 0.25) is 11.6 Å². The number of halogens is 4. The van der Waals surface area contributed by atoms with Gasteiger partial charge in [-0.15, -0.1) is 0 Å². The number of benzene rings is 3. The molecule has 1 N–H and O–H groups in total. The van der Waals surface area contributed by atoms with Crippen molar-refractivity contribution in [3.8, 4) is 17.2 Å². The van der Waals surface area contributed by atoms with Gasteiger partial charge >= 0.3 is 0 Å². The molecule has 0 bridgehead atoms. The maximum atomic E-state index is 14.1. The summed E-state index contributed by atoms with van der Waals surface area (Å²) in [5, 5.41) is 19.0. The van der Waals surface area contributed by atoms with Gasteiger partial charge in [0.15, 0.2) is 17.4 Å². The van der Waals surface area contributed by atoms with Gasteiger partial charge in [0.1, 0.15) is 18.1 Å². The molecule has 220 valence electrons. The molecule has 9 heteroatoms. The number of methoxy groups -OCH3 is 1. The number of aryl methyl sites for hydroxylation is 1. The summed E-state index contributed by atoms with van der Waals surface area (Å²) < 4.78 is 65.8. The molecule has 0 radical (unpaired) electrons. The lowest BCUT2D eigenvalue weighted by Crippen LogP contribution is -2.42. The molecule has 0 saturated heterocycles. The van der Waals surface area contributed by atoms with Crippen LogP contribution in [0.25, 0.3) is 0 Å². The first-order chi connectivity index (χ1) is 20.2. The van der Waals surface area contributed by atoms with Gasteiger partial charge in [-0.05, 0) is 103 Å². The van der Waals surface area contributed by atoms with Crippen LogP contribution in [0.5, 0.6) is 17.2 Å². The van der Waals surface area contributed by atoms with Gasteiger partial charge in [-0.1, -0.05) is 13.0 Å². The van der Waals surface area contributed by atoms with Crippen molar-refractivity contribution in [3.05, 3.63) is 88.0 Å². The summed E-state index contributed by atoms with van der Waals surface area (Å²) in [5.74, 6) is -5.06. The second kappa shape index (κ2) is 11.1. The molecule has 0 aliphatic heterocycles. The third-order valence-corrected chi connectivity index (χ3v) is 9.58. The number of phenolic OH excluding ortho intramolecular Hbond substituents is 1. The van der Waals surface area contributed by atoms with Crippen molar-refractivity contribution in [2.24, 2.45) is 27.5 Å². The van der Waals surface area contributed by atoms with E-state index in [1.165, 1.54) is 18.2 Å². The summed E-state index contributed by atoms with van der Waals surface area (Å²) in [7, 11) is 1.43. The minimum atomic E-state index is -1.60. The first-order valence-corrected chi connectivity index (χ1v) is 14.2. The Bertz CT molecular complexity index is 1560. The van der Waals surface area contributed by atoms with E-state index >= 15 is 0 Å². The Hall–Kier alpha value is -3.88. The number of fused-ring (bicyclic) bond motifs is 5. The van der Waals surface area contributed by atoms with E-state index in [1.807, 2.05) is 6.07 Å². The topological polar surface area (TPSA) is 63.4 Å². The third kappa shape index (κ3) is 4.92. The van der Waals surface area contributed by atoms with Crippen molar-refractivity contribution >= 4 is 11.9 Å². The van der Waals surface area contributed by atoms with E-state index in [-0.39, 0.29) is 18.1 Å². The summed E-state index contributed by atoms with van der Waals surface area (Å²) in [6, 6.07) is 11.0. The van der Waals surface area contributed by atoms with Crippen LogP contribution in [0.2, 0.25) is 0 Å². The molecule has 42 heavy (non-hydrogen) atoms. The molecular weight excluding hydrogens is 548 g/mol. The molecule has 0 aromatic heterocycles. The fourth-order valence-electron chi connectivity index (χ4n) is 7.51. The van der Waals surface area contributed by atoms with Gasteiger partial charge in [-0.25, -0.2) is 8.78 Å². The monoisotopic (exact) mass is 580 g/mol.